The first-order valence-electron chi connectivity index (χ1n) is 7.58. The Morgan fingerprint density at radius 2 is 2.29 bits per heavy atom. The number of ether oxygens (including phenoxy) is 1. The lowest BCUT2D eigenvalue weighted by atomic mass is 10.0. The van der Waals surface area contributed by atoms with Gasteiger partial charge in [-0.05, 0) is 37.1 Å². The van der Waals surface area contributed by atoms with Crippen LogP contribution in [0.2, 0.25) is 0 Å². The van der Waals surface area contributed by atoms with Crippen LogP contribution in [0.3, 0.4) is 0 Å². The van der Waals surface area contributed by atoms with Gasteiger partial charge in [0.15, 0.2) is 0 Å². The molecule has 0 spiro atoms. The van der Waals surface area contributed by atoms with Crippen molar-refractivity contribution in [2.24, 2.45) is 0 Å². The fourth-order valence-corrected chi connectivity index (χ4v) is 3.29. The van der Waals surface area contributed by atoms with Gasteiger partial charge in [0.25, 0.3) is 0 Å². The number of methoxy groups -OCH3 is 1. The molecule has 1 saturated heterocycles. The van der Waals surface area contributed by atoms with E-state index in [2.05, 4.69) is 26.1 Å². The van der Waals surface area contributed by atoms with Crippen LogP contribution in [0.5, 0.6) is 0 Å². The summed E-state index contributed by atoms with van der Waals surface area (Å²) in [6, 6.07) is 5.51. The second kappa shape index (κ2) is 8.83. The average molecular weight is 359 g/mol. The summed E-state index contributed by atoms with van der Waals surface area (Å²) in [5.41, 5.74) is 1.15. The van der Waals surface area contributed by atoms with Crippen LogP contribution in [0.15, 0.2) is 22.7 Å². The van der Waals surface area contributed by atoms with Gasteiger partial charge in [0, 0.05) is 37.3 Å². The van der Waals surface area contributed by atoms with Crippen molar-refractivity contribution in [1.29, 1.82) is 0 Å². The van der Waals surface area contributed by atoms with Crippen LogP contribution in [0.4, 0.5) is 4.39 Å². The monoisotopic (exact) mass is 358 g/mol. The van der Waals surface area contributed by atoms with E-state index in [-0.39, 0.29) is 5.82 Å². The molecule has 1 unspecified atom stereocenters. The first-order chi connectivity index (χ1) is 10.2. The van der Waals surface area contributed by atoms with Gasteiger partial charge in [-0.1, -0.05) is 28.4 Å². The molecule has 1 heterocycles. The second-order valence-corrected chi connectivity index (χ2v) is 6.41. The van der Waals surface area contributed by atoms with Gasteiger partial charge in [0.1, 0.15) is 5.82 Å². The molecule has 0 aromatic heterocycles. The van der Waals surface area contributed by atoms with Gasteiger partial charge in [0.05, 0.1) is 6.61 Å². The highest BCUT2D eigenvalue weighted by Crippen LogP contribution is 2.24. The Morgan fingerprint density at radius 1 is 1.43 bits per heavy atom. The van der Waals surface area contributed by atoms with Crippen LogP contribution in [0.25, 0.3) is 0 Å². The Morgan fingerprint density at radius 3 is 3.05 bits per heavy atom. The van der Waals surface area contributed by atoms with Crippen LogP contribution in [-0.2, 0) is 11.3 Å². The zero-order chi connectivity index (χ0) is 15.1. The fourth-order valence-electron chi connectivity index (χ4n) is 2.81. The maximum absolute atomic E-state index is 13.2. The molecule has 1 aromatic rings. The molecular formula is C16H24BrFN2O. The SMILES string of the molecule is COCCNCC1CCCCN1Cc1ccc(F)cc1Br. The van der Waals surface area contributed by atoms with Gasteiger partial charge in [0.2, 0.25) is 0 Å². The molecule has 0 radical (unpaired) electrons. The van der Waals surface area contributed by atoms with Gasteiger partial charge in [-0.25, -0.2) is 4.39 Å². The maximum atomic E-state index is 13.2. The maximum Gasteiger partial charge on any atom is 0.124 e. The average Bonchev–Trinajstić information content (AvgIpc) is 2.48. The number of likely N-dealkylation sites (tertiary alicyclic amines) is 1. The molecule has 21 heavy (non-hydrogen) atoms. The van der Waals surface area contributed by atoms with E-state index in [9.17, 15) is 4.39 Å². The standard InChI is InChI=1S/C16H24BrFN2O/c1-21-9-7-19-11-15-4-2-3-8-20(15)12-13-5-6-14(18)10-16(13)17/h5-6,10,15,19H,2-4,7-9,11-12H2,1H3. The molecule has 118 valence electrons. The third-order valence-electron chi connectivity index (χ3n) is 4.00. The van der Waals surface area contributed by atoms with Crippen molar-refractivity contribution in [2.45, 2.75) is 31.8 Å². The van der Waals surface area contributed by atoms with Crippen molar-refractivity contribution in [3.8, 4) is 0 Å². The van der Waals surface area contributed by atoms with Gasteiger partial charge >= 0.3 is 0 Å². The number of nitrogens with zero attached hydrogens (tertiary/aromatic N) is 1. The molecular weight excluding hydrogens is 335 g/mol. The predicted octanol–water partition coefficient (Wildman–Crippen LogP) is 3.18. The topological polar surface area (TPSA) is 24.5 Å². The number of hydrogen-bond donors (Lipinski definition) is 1. The van der Waals surface area contributed by atoms with Crippen molar-refractivity contribution in [3.05, 3.63) is 34.1 Å². The quantitative estimate of drug-likeness (QED) is 0.757. The summed E-state index contributed by atoms with van der Waals surface area (Å²) < 4.78 is 19.1. The van der Waals surface area contributed by atoms with E-state index in [0.29, 0.717) is 6.04 Å². The van der Waals surface area contributed by atoms with E-state index in [1.165, 1.54) is 25.3 Å². The lowest BCUT2D eigenvalue weighted by molar-refractivity contribution is 0.133. The summed E-state index contributed by atoms with van der Waals surface area (Å²) in [6.07, 6.45) is 3.75. The molecule has 0 aliphatic carbocycles. The number of nitrogens with one attached hydrogen (secondary N) is 1. The van der Waals surface area contributed by atoms with E-state index < -0.39 is 0 Å². The van der Waals surface area contributed by atoms with Gasteiger partial charge in [-0.2, -0.15) is 0 Å². The van der Waals surface area contributed by atoms with E-state index >= 15 is 0 Å². The summed E-state index contributed by atoms with van der Waals surface area (Å²) in [5.74, 6) is -0.193. The minimum absolute atomic E-state index is 0.193. The van der Waals surface area contributed by atoms with Crippen LogP contribution in [0, 0.1) is 5.82 Å². The molecule has 2 rings (SSSR count). The van der Waals surface area contributed by atoms with E-state index in [0.717, 1.165) is 42.8 Å². The minimum atomic E-state index is -0.193. The Bertz CT molecular complexity index is 444. The normalized spacial score (nSPS) is 19.9. The number of piperidine rings is 1. The largest absolute Gasteiger partial charge is 0.383 e. The van der Waals surface area contributed by atoms with Crippen molar-refractivity contribution in [1.82, 2.24) is 10.2 Å². The summed E-state index contributed by atoms with van der Waals surface area (Å²) in [4.78, 5) is 2.50. The van der Waals surface area contributed by atoms with Crippen molar-refractivity contribution >= 4 is 15.9 Å². The van der Waals surface area contributed by atoms with Gasteiger partial charge in [-0.15, -0.1) is 0 Å². The molecule has 0 saturated carbocycles. The van der Waals surface area contributed by atoms with Crippen LogP contribution in [-0.4, -0.2) is 44.3 Å². The summed E-state index contributed by atoms with van der Waals surface area (Å²) in [7, 11) is 1.72. The molecule has 1 aliphatic heterocycles. The molecule has 1 aliphatic rings. The molecule has 0 bridgehead atoms. The van der Waals surface area contributed by atoms with E-state index in [1.807, 2.05) is 6.07 Å². The summed E-state index contributed by atoms with van der Waals surface area (Å²) >= 11 is 3.47. The predicted molar refractivity (Wildman–Crippen MR) is 86.9 cm³/mol. The van der Waals surface area contributed by atoms with E-state index in [1.54, 1.807) is 13.2 Å². The van der Waals surface area contributed by atoms with Gasteiger partial charge < -0.3 is 10.1 Å². The van der Waals surface area contributed by atoms with Crippen molar-refractivity contribution in [2.75, 3.05) is 33.4 Å². The number of hydrogen-bond acceptors (Lipinski definition) is 3. The molecule has 1 aromatic carbocycles. The first-order valence-corrected chi connectivity index (χ1v) is 8.37. The first kappa shape index (κ1) is 16.9. The molecule has 5 heteroatoms. The highest BCUT2D eigenvalue weighted by Gasteiger charge is 2.22. The Hall–Kier alpha value is -0.490. The van der Waals surface area contributed by atoms with Crippen molar-refractivity contribution < 1.29 is 9.13 Å². The molecule has 1 atom stereocenters. The van der Waals surface area contributed by atoms with Crippen LogP contribution in [0.1, 0.15) is 24.8 Å². The lowest BCUT2D eigenvalue weighted by Crippen LogP contribution is -2.45. The number of halogens is 2. The van der Waals surface area contributed by atoms with Crippen molar-refractivity contribution in [3.63, 3.8) is 0 Å². The Labute approximate surface area is 135 Å². The van der Waals surface area contributed by atoms with Gasteiger partial charge in [-0.3, -0.25) is 4.90 Å². The Kier molecular flexibility index (Phi) is 7.10. The highest BCUT2D eigenvalue weighted by atomic mass is 79.9. The third-order valence-corrected chi connectivity index (χ3v) is 4.74. The number of benzene rings is 1. The fraction of sp³-hybridized carbons (Fsp3) is 0.625. The Balaban J connectivity index is 1.91. The minimum Gasteiger partial charge on any atom is -0.383 e. The smallest absolute Gasteiger partial charge is 0.124 e. The third kappa shape index (κ3) is 5.33. The molecule has 1 fully saturated rings. The number of rotatable bonds is 7. The van der Waals surface area contributed by atoms with Crippen LogP contribution < -0.4 is 5.32 Å². The summed E-state index contributed by atoms with van der Waals surface area (Å²) in [5, 5.41) is 3.46. The van der Waals surface area contributed by atoms with E-state index in [4.69, 9.17) is 4.74 Å². The molecule has 1 N–H and O–H groups in total. The highest BCUT2D eigenvalue weighted by molar-refractivity contribution is 9.10. The molecule has 3 nitrogen and oxygen atoms in total. The van der Waals surface area contributed by atoms with Crippen LogP contribution >= 0.6 is 15.9 Å². The lowest BCUT2D eigenvalue weighted by Gasteiger charge is -2.36. The zero-order valence-electron chi connectivity index (χ0n) is 12.6. The second-order valence-electron chi connectivity index (χ2n) is 5.55. The molecule has 0 amide bonds. The summed E-state index contributed by atoms with van der Waals surface area (Å²) in [6.45, 7) is 4.61. The zero-order valence-corrected chi connectivity index (χ0v) is 14.2.